The van der Waals surface area contributed by atoms with Crippen LogP contribution in [-0.2, 0) is 4.79 Å². The second-order valence-electron chi connectivity index (χ2n) is 7.47. The van der Waals surface area contributed by atoms with Gasteiger partial charge in [0.15, 0.2) is 6.61 Å². The molecule has 0 radical (unpaired) electrons. The Morgan fingerprint density at radius 1 is 0.893 bits per heavy atom. The highest BCUT2D eigenvalue weighted by Gasteiger charge is 2.35. The van der Waals surface area contributed by atoms with Crippen molar-refractivity contribution in [2.75, 3.05) is 52.9 Å². The molecule has 2 heterocycles. The number of hydrogen-bond acceptors (Lipinski definition) is 5. The first-order chi connectivity index (χ1) is 13.7. The summed E-state index contributed by atoms with van der Waals surface area (Å²) in [6.45, 7) is 6.11. The number of hydrogen-bond donors (Lipinski definition) is 0. The number of likely N-dealkylation sites (N-methyl/N-ethyl adjacent to an activating group) is 1. The Balaban J connectivity index is 1.19. The fourth-order valence-electron chi connectivity index (χ4n) is 3.54. The van der Waals surface area contributed by atoms with E-state index < -0.39 is 0 Å². The van der Waals surface area contributed by atoms with E-state index in [1.54, 1.807) is 0 Å². The summed E-state index contributed by atoms with van der Waals surface area (Å²) >= 11 is 0. The summed E-state index contributed by atoms with van der Waals surface area (Å²) in [5.41, 5.74) is 0. The molecule has 4 rings (SSSR count). The van der Waals surface area contributed by atoms with Crippen LogP contribution in [0.3, 0.4) is 0 Å². The van der Waals surface area contributed by atoms with Gasteiger partial charge < -0.3 is 19.3 Å². The van der Waals surface area contributed by atoms with Crippen LogP contribution >= 0.6 is 0 Å². The number of carbonyl (C=O) groups excluding carboxylic acids is 1. The number of benzene rings is 2. The van der Waals surface area contributed by atoms with Crippen LogP contribution in [0.2, 0.25) is 0 Å². The van der Waals surface area contributed by atoms with Crippen LogP contribution in [0, 0.1) is 0 Å². The number of rotatable bonds is 6. The zero-order valence-electron chi connectivity index (χ0n) is 16.3. The summed E-state index contributed by atoms with van der Waals surface area (Å²) in [7, 11) is 2.16. The average Bonchev–Trinajstić information content (AvgIpc) is 2.69. The summed E-state index contributed by atoms with van der Waals surface area (Å²) in [5.74, 6) is 2.25. The summed E-state index contributed by atoms with van der Waals surface area (Å²) in [6.07, 6.45) is 0. The molecule has 0 aliphatic carbocycles. The number of ether oxygens (including phenoxy) is 2. The first-order valence-corrected chi connectivity index (χ1v) is 9.83. The lowest BCUT2D eigenvalue weighted by Crippen LogP contribution is -2.64. The molecule has 0 unspecified atom stereocenters. The summed E-state index contributed by atoms with van der Waals surface area (Å²) in [5, 5.41) is 0. The molecule has 2 aromatic rings. The van der Waals surface area contributed by atoms with E-state index in [9.17, 15) is 4.79 Å². The van der Waals surface area contributed by atoms with E-state index in [0.29, 0.717) is 11.8 Å². The van der Waals surface area contributed by atoms with E-state index in [2.05, 4.69) is 16.8 Å². The molecule has 2 fully saturated rings. The molecule has 2 aliphatic rings. The van der Waals surface area contributed by atoms with Gasteiger partial charge in [0, 0.05) is 45.3 Å². The summed E-state index contributed by atoms with van der Waals surface area (Å²) in [6, 6.07) is 17.5. The predicted octanol–water partition coefficient (Wildman–Crippen LogP) is 2.32. The molecule has 2 aromatic carbocycles. The van der Waals surface area contributed by atoms with Gasteiger partial charge in [0.2, 0.25) is 0 Å². The number of likely N-dealkylation sites (tertiary alicyclic amines) is 1. The Labute approximate surface area is 166 Å². The van der Waals surface area contributed by atoms with E-state index in [4.69, 9.17) is 9.47 Å². The maximum atomic E-state index is 12.3. The van der Waals surface area contributed by atoms with Crippen LogP contribution in [0.15, 0.2) is 54.6 Å². The minimum absolute atomic E-state index is 0.0509. The zero-order valence-corrected chi connectivity index (χ0v) is 16.3. The molecule has 0 atom stereocenters. The van der Waals surface area contributed by atoms with E-state index in [1.807, 2.05) is 59.5 Å². The van der Waals surface area contributed by atoms with Gasteiger partial charge >= 0.3 is 0 Å². The Kier molecular flexibility index (Phi) is 5.78. The Morgan fingerprint density at radius 2 is 1.50 bits per heavy atom. The molecular formula is C22H27N3O3. The van der Waals surface area contributed by atoms with Crippen LogP contribution in [0.5, 0.6) is 17.2 Å². The zero-order chi connectivity index (χ0) is 19.3. The largest absolute Gasteiger partial charge is 0.484 e. The number of nitrogens with zero attached hydrogens (tertiary/aromatic N) is 3. The number of carbonyl (C=O) groups is 1. The quantitative estimate of drug-likeness (QED) is 0.768. The molecule has 148 valence electrons. The highest BCUT2D eigenvalue weighted by atomic mass is 16.5. The molecule has 0 spiro atoms. The van der Waals surface area contributed by atoms with Crippen molar-refractivity contribution < 1.29 is 14.3 Å². The standard InChI is InChI=1S/C22H27N3O3/c1-23-11-13-24(14-12-23)18-15-25(16-18)22(26)17-27-19-7-9-21(10-8-19)28-20-5-3-2-4-6-20/h2-10,18H,11-17H2,1H3. The van der Waals surface area contributed by atoms with Gasteiger partial charge in [0.25, 0.3) is 5.91 Å². The third-order valence-corrected chi connectivity index (χ3v) is 5.43. The molecule has 0 aromatic heterocycles. The van der Waals surface area contributed by atoms with Crippen molar-refractivity contribution in [1.29, 1.82) is 0 Å². The molecule has 0 saturated carbocycles. The van der Waals surface area contributed by atoms with Crippen molar-refractivity contribution in [1.82, 2.24) is 14.7 Å². The van der Waals surface area contributed by atoms with Crippen LogP contribution in [0.25, 0.3) is 0 Å². The van der Waals surface area contributed by atoms with Crippen molar-refractivity contribution in [2.24, 2.45) is 0 Å². The maximum absolute atomic E-state index is 12.3. The van der Waals surface area contributed by atoms with E-state index in [1.165, 1.54) is 0 Å². The lowest BCUT2D eigenvalue weighted by molar-refractivity contribution is -0.141. The van der Waals surface area contributed by atoms with Gasteiger partial charge in [-0.1, -0.05) is 18.2 Å². The highest BCUT2D eigenvalue weighted by molar-refractivity contribution is 5.78. The highest BCUT2D eigenvalue weighted by Crippen LogP contribution is 2.24. The molecule has 6 nitrogen and oxygen atoms in total. The van der Waals surface area contributed by atoms with Crippen molar-refractivity contribution in [3.05, 3.63) is 54.6 Å². The third kappa shape index (κ3) is 4.64. The monoisotopic (exact) mass is 381 g/mol. The first kappa shape index (κ1) is 18.8. The Morgan fingerprint density at radius 3 is 2.18 bits per heavy atom. The number of amides is 1. The Hall–Kier alpha value is -2.57. The molecule has 6 heteroatoms. The molecular weight excluding hydrogens is 354 g/mol. The van der Waals surface area contributed by atoms with Gasteiger partial charge in [-0.3, -0.25) is 9.69 Å². The van der Waals surface area contributed by atoms with Crippen LogP contribution in [0.1, 0.15) is 0 Å². The first-order valence-electron chi connectivity index (χ1n) is 9.83. The Bertz CT molecular complexity index is 767. The molecule has 0 bridgehead atoms. The van der Waals surface area contributed by atoms with Crippen LogP contribution in [-0.4, -0.2) is 79.6 Å². The van der Waals surface area contributed by atoms with Crippen molar-refractivity contribution in [3.8, 4) is 17.2 Å². The van der Waals surface area contributed by atoms with E-state index in [0.717, 1.165) is 50.8 Å². The summed E-state index contributed by atoms with van der Waals surface area (Å²) < 4.78 is 11.4. The summed E-state index contributed by atoms with van der Waals surface area (Å²) in [4.78, 5) is 19.1. The molecule has 28 heavy (non-hydrogen) atoms. The lowest BCUT2D eigenvalue weighted by Gasteiger charge is -2.47. The van der Waals surface area contributed by atoms with Gasteiger partial charge in [-0.15, -0.1) is 0 Å². The topological polar surface area (TPSA) is 45.2 Å². The lowest BCUT2D eigenvalue weighted by atomic mass is 10.1. The van der Waals surface area contributed by atoms with Gasteiger partial charge in [-0.05, 0) is 43.4 Å². The van der Waals surface area contributed by atoms with Gasteiger partial charge in [-0.25, -0.2) is 0 Å². The predicted molar refractivity (Wildman–Crippen MR) is 108 cm³/mol. The second kappa shape index (κ2) is 8.63. The maximum Gasteiger partial charge on any atom is 0.260 e. The van der Waals surface area contributed by atoms with E-state index >= 15 is 0 Å². The molecule has 1 amide bonds. The number of piperazine rings is 1. The van der Waals surface area contributed by atoms with Crippen molar-refractivity contribution in [2.45, 2.75) is 6.04 Å². The number of para-hydroxylation sites is 1. The smallest absolute Gasteiger partial charge is 0.260 e. The SMILES string of the molecule is CN1CCN(C2CN(C(=O)COc3ccc(Oc4ccccc4)cc3)C2)CC1. The second-order valence-corrected chi connectivity index (χ2v) is 7.47. The van der Waals surface area contributed by atoms with Gasteiger partial charge in [0.1, 0.15) is 17.2 Å². The molecule has 2 saturated heterocycles. The fourth-order valence-corrected chi connectivity index (χ4v) is 3.54. The molecule has 2 aliphatic heterocycles. The van der Waals surface area contributed by atoms with Crippen molar-refractivity contribution >= 4 is 5.91 Å². The van der Waals surface area contributed by atoms with Gasteiger partial charge in [-0.2, -0.15) is 0 Å². The van der Waals surface area contributed by atoms with Crippen LogP contribution in [0.4, 0.5) is 0 Å². The minimum Gasteiger partial charge on any atom is -0.484 e. The minimum atomic E-state index is 0.0509. The van der Waals surface area contributed by atoms with Gasteiger partial charge in [0.05, 0.1) is 0 Å². The van der Waals surface area contributed by atoms with E-state index in [-0.39, 0.29) is 12.5 Å². The normalized spacial score (nSPS) is 18.5. The third-order valence-electron chi connectivity index (χ3n) is 5.43. The average molecular weight is 381 g/mol. The fraction of sp³-hybridized carbons (Fsp3) is 0.409. The molecule has 0 N–H and O–H groups in total. The van der Waals surface area contributed by atoms with Crippen LogP contribution < -0.4 is 9.47 Å². The van der Waals surface area contributed by atoms with Crippen molar-refractivity contribution in [3.63, 3.8) is 0 Å².